The summed E-state index contributed by atoms with van der Waals surface area (Å²) in [4.78, 5) is 17.2. The SMILES string of the molecule is C=C(OC)c1cnc(Cl)c(C(=O)c2cc3c(C)cc(C(F)(F)F)cc3n2C)c1Cl. The highest BCUT2D eigenvalue weighted by Gasteiger charge is 2.32. The molecule has 0 atom stereocenters. The number of hydrogen-bond acceptors (Lipinski definition) is 3. The van der Waals surface area contributed by atoms with Crippen LogP contribution in [0.2, 0.25) is 10.2 Å². The number of carbonyl (C=O) groups is 1. The van der Waals surface area contributed by atoms with Gasteiger partial charge in [0.2, 0.25) is 5.78 Å². The molecule has 0 saturated heterocycles. The molecule has 2 heterocycles. The van der Waals surface area contributed by atoms with Crippen LogP contribution in [0.25, 0.3) is 16.7 Å². The van der Waals surface area contributed by atoms with Crippen LogP contribution in [0.15, 0.2) is 31.0 Å². The summed E-state index contributed by atoms with van der Waals surface area (Å²) in [5, 5.41) is 0.381. The second kappa shape index (κ2) is 7.39. The van der Waals surface area contributed by atoms with E-state index >= 15 is 0 Å². The molecule has 3 rings (SSSR count). The van der Waals surface area contributed by atoms with Crippen LogP contribution in [-0.4, -0.2) is 22.4 Å². The minimum absolute atomic E-state index is 0.000177. The molecule has 0 bridgehead atoms. The number of nitrogens with zero attached hydrogens (tertiary/aromatic N) is 2. The van der Waals surface area contributed by atoms with E-state index in [4.69, 9.17) is 27.9 Å². The molecular weight excluding hydrogens is 428 g/mol. The normalized spacial score (nSPS) is 11.7. The highest BCUT2D eigenvalue weighted by molar-refractivity contribution is 6.41. The van der Waals surface area contributed by atoms with Gasteiger partial charge in [-0.15, -0.1) is 0 Å². The Bertz CT molecular complexity index is 1170. The molecule has 0 fully saturated rings. The summed E-state index contributed by atoms with van der Waals surface area (Å²) in [7, 11) is 2.89. The van der Waals surface area contributed by atoms with Gasteiger partial charge in [-0.1, -0.05) is 29.8 Å². The molecule has 0 aliphatic rings. The van der Waals surface area contributed by atoms with E-state index in [1.54, 1.807) is 6.92 Å². The highest BCUT2D eigenvalue weighted by atomic mass is 35.5. The number of aromatic nitrogens is 2. The molecular formula is C20H15Cl2F3N2O2. The Labute approximate surface area is 174 Å². The second-order valence-corrected chi connectivity index (χ2v) is 7.16. The Hall–Kier alpha value is -2.51. The van der Waals surface area contributed by atoms with Crippen molar-refractivity contribution < 1.29 is 22.7 Å². The third-order valence-electron chi connectivity index (χ3n) is 4.67. The van der Waals surface area contributed by atoms with E-state index in [9.17, 15) is 18.0 Å². The summed E-state index contributed by atoms with van der Waals surface area (Å²) >= 11 is 12.5. The number of methoxy groups -OCH3 is 1. The van der Waals surface area contributed by atoms with Gasteiger partial charge in [0, 0.05) is 24.1 Å². The molecule has 0 unspecified atom stereocenters. The van der Waals surface area contributed by atoms with Crippen molar-refractivity contribution in [1.29, 1.82) is 0 Å². The smallest absolute Gasteiger partial charge is 0.416 e. The largest absolute Gasteiger partial charge is 0.497 e. The van der Waals surface area contributed by atoms with Crippen LogP contribution in [0.3, 0.4) is 0 Å². The molecule has 0 saturated carbocycles. The summed E-state index contributed by atoms with van der Waals surface area (Å²) in [6, 6.07) is 3.56. The van der Waals surface area contributed by atoms with Crippen LogP contribution in [0.4, 0.5) is 13.2 Å². The van der Waals surface area contributed by atoms with Crippen molar-refractivity contribution >= 4 is 45.6 Å². The van der Waals surface area contributed by atoms with Crippen LogP contribution < -0.4 is 0 Å². The van der Waals surface area contributed by atoms with Gasteiger partial charge in [-0.25, -0.2) is 4.98 Å². The number of ketones is 1. The van der Waals surface area contributed by atoms with Crippen LogP contribution in [0, 0.1) is 6.92 Å². The predicted molar refractivity (Wildman–Crippen MR) is 106 cm³/mol. The Morgan fingerprint density at radius 3 is 2.48 bits per heavy atom. The maximum Gasteiger partial charge on any atom is 0.416 e. The van der Waals surface area contributed by atoms with E-state index in [0.29, 0.717) is 10.9 Å². The fraction of sp³-hybridized carbons (Fsp3) is 0.200. The van der Waals surface area contributed by atoms with E-state index in [1.807, 2.05) is 0 Å². The Morgan fingerprint density at radius 1 is 1.24 bits per heavy atom. The number of fused-ring (bicyclic) bond motifs is 1. The van der Waals surface area contributed by atoms with Crippen molar-refractivity contribution in [2.45, 2.75) is 13.1 Å². The molecule has 0 aliphatic carbocycles. The molecule has 0 radical (unpaired) electrons. The molecule has 0 aliphatic heterocycles. The quantitative estimate of drug-likeness (QED) is 0.280. The summed E-state index contributed by atoms with van der Waals surface area (Å²) in [5.74, 6) is -0.388. The first-order valence-electron chi connectivity index (χ1n) is 8.26. The average molecular weight is 443 g/mol. The standard InChI is InChI=1S/C20H15Cl2F3N2O2/c1-9-5-11(20(23,24)25)6-14-12(9)7-15(27(14)3)18(28)16-17(21)13(10(2)29-4)8-26-19(16)22/h5-8H,2H2,1,3-4H3. The fourth-order valence-electron chi connectivity index (χ4n) is 3.08. The third-order valence-corrected chi connectivity index (χ3v) is 5.35. The second-order valence-electron chi connectivity index (χ2n) is 6.42. The first kappa shape index (κ1) is 21.2. The number of alkyl halides is 3. The van der Waals surface area contributed by atoms with Gasteiger partial charge < -0.3 is 9.30 Å². The number of hydrogen-bond donors (Lipinski definition) is 0. The molecule has 0 spiro atoms. The van der Waals surface area contributed by atoms with E-state index in [2.05, 4.69) is 11.6 Å². The van der Waals surface area contributed by atoms with E-state index in [0.717, 1.165) is 12.1 Å². The number of aryl methyl sites for hydroxylation is 2. The lowest BCUT2D eigenvalue weighted by Gasteiger charge is -2.12. The molecule has 0 amide bonds. The Morgan fingerprint density at radius 2 is 1.90 bits per heavy atom. The topological polar surface area (TPSA) is 44.1 Å². The molecule has 4 nitrogen and oxygen atoms in total. The van der Waals surface area contributed by atoms with E-state index < -0.39 is 17.5 Å². The number of ether oxygens (including phenoxy) is 1. The third kappa shape index (κ3) is 3.60. The highest BCUT2D eigenvalue weighted by Crippen LogP contribution is 2.36. The average Bonchev–Trinajstić information content (AvgIpc) is 2.98. The summed E-state index contributed by atoms with van der Waals surface area (Å²) < 4.78 is 46.0. The molecule has 1 aromatic carbocycles. The van der Waals surface area contributed by atoms with Crippen molar-refractivity contribution in [2.24, 2.45) is 7.05 Å². The minimum atomic E-state index is -4.50. The van der Waals surface area contributed by atoms with E-state index in [-0.39, 0.29) is 38.3 Å². The number of halogens is 5. The number of carbonyl (C=O) groups excluding carboxylic acids is 1. The van der Waals surface area contributed by atoms with Crippen LogP contribution in [-0.2, 0) is 18.0 Å². The minimum Gasteiger partial charge on any atom is -0.497 e. The lowest BCUT2D eigenvalue weighted by molar-refractivity contribution is -0.137. The van der Waals surface area contributed by atoms with Crippen molar-refractivity contribution in [2.75, 3.05) is 7.11 Å². The van der Waals surface area contributed by atoms with Gasteiger partial charge in [-0.2, -0.15) is 13.2 Å². The number of rotatable bonds is 4. The van der Waals surface area contributed by atoms with Gasteiger partial charge in [-0.3, -0.25) is 4.79 Å². The van der Waals surface area contributed by atoms with Crippen molar-refractivity contribution in [3.8, 4) is 0 Å². The lowest BCUT2D eigenvalue weighted by Crippen LogP contribution is -2.11. The molecule has 152 valence electrons. The maximum atomic E-state index is 13.2. The van der Waals surface area contributed by atoms with E-state index in [1.165, 1.54) is 31.0 Å². The van der Waals surface area contributed by atoms with Gasteiger partial charge in [0.1, 0.15) is 10.9 Å². The summed E-state index contributed by atoms with van der Waals surface area (Å²) in [6.07, 6.45) is -3.17. The molecule has 2 aromatic heterocycles. The molecule has 29 heavy (non-hydrogen) atoms. The van der Waals surface area contributed by atoms with Crippen LogP contribution in [0.1, 0.15) is 32.7 Å². The molecule has 0 N–H and O–H groups in total. The predicted octanol–water partition coefficient (Wildman–Crippen LogP) is 6.06. The number of pyridine rings is 1. The lowest BCUT2D eigenvalue weighted by atomic mass is 10.1. The first-order chi connectivity index (χ1) is 13.5. The molecule has 3 aromatic rings. The van der Waals surface area contributed by atoms with Crippen LogP contribution in [0.5, 0.6) is 0 Å². The first-order valence-corrected chi connectivity index (χ1v) is 9.02. The monoisotopic (exact) mass is 442 g/mol. The fourth-order valence-corrected chi connectivity index (χ4v) is 3.69. The summed E-state index contributed by atoms with van der Waals surface area (Å²) in [6.45, 7) is 5.24. The Balaban J connectivity index is 2.22. The van der Waals surface area contributed by atoms with Crippen molar-refractivity contribution in [3.63, 3.8) is 0 Å². The van der Waals surface area contributed by atoms with Crippen molar-refractivity contribution in [1.82, 2.24) is 9.55 Å². The van der Waals surface area contributed by atoms with Gasteiger partial charge in [-0.05, 0) is 30.7 Å². The van der Waals surface area contributed by atoms with Gasteiger partial charge in [0.15, 0.2) is 0 Å². The van der Waals surface area contributed by atoms with Gasteiger partial charge in [0.05, 0.1) is 34.5 Å². The van der Waals surface area contributed by atoms with Crippen molar-refractivity contribution in [3.05, 3.63) is 69.1 Å². The molecule has 9 heteroatoms. The summed E-state index contributed by atoms with van der Waals surface area (Å²) in [5.41, 5.74) is 0.187. The number of benzene rings is 1. The maximum absolute atomic E-state index is 13.2. The Kier molecular flexibility index (Phi) is 5.40. The zero-order valence-electron chi connectivity index (χ0n) is 15.6. The van der Waals surface area contributed by atoms with Crippen LogP contribution >= 0.6 is 23.2 Å². The zero-order chi connectivity index (χ0) is 21.7. The van der Waals surface area contributed by atoms with Gasteiger partial charge >= 0.3 is 6.18 Å². The van der Waals surface area contributed by atoms with Gasteiger partial charge in [0.25, 0.3) is 0 Å². The zero-order valence-corrected chi connectivity index (χ0v) is 17.1.